The van der Waals surface area contributed by atoms with Crippen molar-refractivity contribution in [2.24, 2.45) is 0 Å². The quantitative estimate of drug-likeness (QED) is 0.453. The highest BCUT2D eigenvalue weighted by atomic mass is 35.5. The Balaban J connectivity index is 1.50. The highest BCUT2D eigenvalue weighted by Gasteiger charge is 2.17. The summed E-state index contributed by atoms with van der Waals surface area (Å²) in [6, 6.07) is 14.5. The second-order valence-electron chi connectivity index (χ2n) is 6.30. The van der Waals surface area contributed by atoms with Crippen molar-refractivity contribution in [2.45, 2.75) is 11.4 Å². The van der Waals surface area contributed by atoms with Crippen LogP contribution in [0.4, 0.5) is 5.13 Å². The van der Waals surface area contributed by atoms with Crippen LogP contribution in [0.3, 0.4) is 0 Å². The molecule has 30 heavy (non-hydrogen) atoms. The minimum atomic E-state index is -3.79. The highest BCUT2D eigenvalue weighted by molar-refractivity contribution is 7.93. The van der Waals surface area contributed by atoms with Crippen LogP contribution in [0.15, 0.2) is 71.9 Å². The van der Waals surface area contributed by atoms with Gasteiger partial charge in [-0.15, -0.1) is 0 Å². The van der Waals surface area contributed by atoms with Gasteiger partial charge in [-0.25, -0.2) is 13.4 Å². The molecular formula is C20H15ClN4O3S2. The van der Waals surface area contributed by atoms with Gasteiger partial charge in [0, 0.05) is 29.5 Å². The number of anilines is 1. The van der Waals surface area contributed by atoms with Gasteiger partial charge >= 0.3 is 0 Å². The largest absolute Gasteiger partial charge is 0.348 e. The van der Waals surface area contributed by atoms with E-state index >= 15 is 0 Å². The van der Waals surface area contributed by atoms with Crippen LogP contribution in [0.1, 0.15) is 15.9 Å². The van der Waals surface area contributed by atoms with Crippen molar-refractivity contribution in [3.05, 3.63) is 83.1 Å². The predicted octanol–water partition coefficient (Wildman–Crippen LogP) is 4.08. The van der Waals surface area contributed by atoms with Crippen molar-refractivity contribution in [1.82, 2.24) is 15.3 Å². The van der Waals surface area contributed by atoms with Crippen LogP contribution in [0.2, 0.25) is 5.02 Å². The standard InChI is InChI=1S/C20H15ClN4O3S2/c21-15-2-4-16(5-3-15)30(27,28)25-20-24-17-6-1-14(11-18(17)29-20)19(26)23-12-13-7-9-22-10-8-13/h1-11H,12H2,(H,23,26)(H,24,25). The fraction of sp³-hybridized carbons (Fsp3) is 0.0500. The third-order valence-corrected chi connectivity index (χ3v) is 6.87. The summed E-state index contributed by atoms with van der Waals surface area (Å²) in [5.74, 6) is -0.231. The number of halogens is 1. The highest BCUT2D eigenvalue weighted by Crippen LogP contribution is 2.29. The first-order chi connectivity index (χ1) is 14.4. The van der Waals surface area contributed by atoms with E-state index in [4.69, 9.17) is 11.6 Å². The molecule has 0 saturated heterocycles. The number of fused-ring (bicyclic) bond motifs is 1. The van der Waals surface area contributed by atoms with E-state index in [1.54, 1.807) is 30.6 Å². The summed E-state index contributed by atoms with van der Waals surface area (Å²) in [5, 5.41) is 3.51. The van der Waals surface area contributed by atoms with Crippen LogP contribution in [-0.2, 0) is 16.6 Å². The lowest BCUT2D eigenvalue weighted by Crippen LogP contribution is -2.22. The van der Waals surface area contributed by atoms with Crippen molar-refractivity contribution in [2.75, 3.05) is 4.72 Å². The Morgan fingerprint density at radius 2 is 1.77 bits per heavy atom. The van der Waals surface area contributed by atoms with Crippen LogP contribution >= 0.6 is 22.9 Å². The smallest absolute Gasteiger partial charge is 0.263 e. The third-order valence-electron chi connectivity index (χ3n) is 4.20. The average Bonchev–Trinajstić information content (AvgIpc) is 3.13. The molecule has 0 fully saturated rings. The van der Waals surface area contributed by atoms with Gasteiger partial charge in [0.1, 0.15) is 0 Å². The topological polar surface area (TPSA) is 101 Å². The van der Waals surface area contributed by atoms with Crippen LogP contribution in [-0.4, -0.2) is 24.3 Å². The number of thiazole rings is 1. The molecule has 152 valence electrons. The molecule has 2 N–H and O–H groups in total. The summed E-state index contributed by atoms with van der Waals surface area (Å²) in [6.45, 7) is 0.383. The number of hydrogen-bond acceptors (Lipinski definition) is 6. The zero-order chi connectivity index (χ0) is 21.1. The van der Waals surface area contributed by atoms with Crippen molar-refractivity contribution in [3.63, 3.8) is 0 Å². The number of carbonyl (C=O) groups excluding carboxylic acids is 1. The molecule has 2 heterocycles. The van der Waals surface area contributed by atoms with Crippen molar-refractivity contribution in [3.8, 4) is 0 Å². The molecule has 2 aromatic heterocycles. The summed E-state index contributed by atoms with van der Waals surface area (Å²) < 4.78 is 28.2. The number of benzene rings is 2. The van der Waals surface area contributed by atoms with E-state index in [0.717, 1.165) is 16.9 Å². The third kappa shape index (κ3) is 4.59. The maximum absolute atomic E-state index is 12.5. The zero-order valence-corrected chi connectivity index (χ0v) is 17.8. The number of nitrogens with one attached hydrogen (secondary N) is 2. The van der Waals surface area contributed by atoms with Gasteiger partial charge in [0.25, 0.3) is 15.9 Å². The van der Waals surface area contributed by atoms with Gasteiger partial charge in [0.2, 0.25) is 0 Å². The molecule has 0 atom stereocenters. The number of sulfonamides is 1. The van der Waals surface area contributed by atoms with Gasteiger partial charge in [-0.05, 0) is 60.2 Å². The normalized spacial score (nSPS) is 11.4. The lowest BCUT2D eigenvalue weighted by molar-refractivity contribution is 0.0951. The van der Waals surface area contributed by atoms with Crippen LogP contribution < -0.4 is 10.0 Å². The van der Waals surface area contributed by atoms with E-state index in [1.807, 2.05) is 12.1 Å². The van der Waals surface area contributed by atoms with Crippen LogP contribution in [0, 0.1) is 0 Å². The van der Waals surface area contributed by atoms with Crippen LogP contribution in [0.5, 0.6) is 0 Å². The van der Waals surface area contributed by atoms with Gasteiger partial charge in [-0.3, -0.25) is 14.5 Å². The molecular weight excluding hydrogens is 444 g/mol. The minimum Gasteiger partial charge on any atom is -0.348 e. The molecule has 0 unspecified atom stereocenters. The summed E-state index contributed by atoms with van der Waals surface area (Å²) >= 11 is 6.96. The number of aromatic nitrogens is 2. The molecule has 1 amide bonds. The van der Waals surface area contributed by atoms with Crippen molar-refractivity contribution in [1.29, 1.82) is 0 Å². The summed E-state index contributed by atoms with van der Waals surface area (Å²) in [7, 11) is -3.79. The lowest BCUT2D eigenvalue weighted by atomic mass is 10.2. The Kier molecular flexibility index (Phi) is 5.67. The Labute approximate surface area is 181 Å². The maximum Gasteiger partial charge on any atom is 0.263 e. The molecule has 4 rings (SSSR count). The molecule has 4 aromatic rings. The first-order valence-electron chi connectivity index (χ1n) is 8.77. The number of carbonyl (C=O) groups is 1. The summed E-state index contributed by atoms with van der Waals surface area (Å²) in [4.78, 5) is 20.8. The Bertz CT molecular complexity index is 1310. The predicted molar refractivity (Wildman–Crippen MR) is 117 cm³/mol. The number of pyridine rings is 1. The lowest BCUT2D eigenvalue weighted by Gasteiger charge is -2.05. The first-order valence-corrected chi connectivity index (χ1v) is 11.4. The molecule has 2 aromatic carbocycles. The van der Waals surface area contributed by atoms with Crippen molar-refractivity contribution >= 4 is 54.2 Å². The minimum absolute atomic E-state index is 0.0855. The number of hydrogen-bond donors (Lipinski definition) is 2. The second kappa shape index (κ2) is 8.39. The average molecular weight is 459 g/mol. The summed E-state index contributed by atoms with van der Waals surface area (Å²) in [5.41, 5.74) is 2.00. The molecule has 0 radical (unpaired) electrons. The fourth-order valence-corrected chi connectivity index (χ4v) is 4.95. The molecule has 0 aliphatic carbocycles. The van der Waals surface area contributed by atoms with Gasteiger partial charge in [-0.1, -0.05) is 22.9 Å². The summed E-state index contributed by atoms with van der Waals surface area (Å²) in [6.07, 6.45) is 3.33. The van der Waals surface area contributed by atoms with Gasteiger partial charge in [0.05, 0.1) is 15.1 Å². The van der Waals surface area contributed by atoms with E-state index in [9.17, 15) is 13.2 Å². The second-order valence-corrected chi connectivity index (χ2v) is 9.45. The number of nitrogens with zero attached hydrogens (tertiary/aromatic N) is 2. The van der Waals surface area contributed by atoms with Gasteiger partial charge < -0.3 is 5.32 Å². The number of amides is 1. The monoisotopic (exact) mass is 458 g/mol. The SMILES string of the molecule is O=C(NCc1ccncc1)c1ccc2nc(NS(=O)(=O)c3ccc(Cl)cc3)sc2c1. The maximum atomic E-state index is 12.5. The molecule has 10 heteroatoms. The van der Waals surface area contributed by atoms with Crippen molar-refractivity contribution < 1.29 is 13.2 Å². The first kappa shape index (κ1) is 20.3. The van der Waals surface area contributed by atoms with E-state index in [1.165, 1.54) is 24.3 Å². The Morgan fingerprint density at radius 1 is 1.03 bits per heavy atom. The zero-order valence-electron chi connectivity index (χ0n) is 15.4. The van der Waals surface area contributed by atoms with E-state index in [0.29, 0.717) is 27.3 Å². The molecule has 0 aliphatic rings. The van der Waals surface area contributed by atoms with E-state index < -0.39 is 10.0 Å². The Hall–Kier alpha value is -3.01. The molecule has 7 nitrogen and oxygen atoms in total. The number of rotatable bonds is 6. The molecule has 0 bridgehead atoms. The molecule has 0 aliphatic heterocycles. The Morgan fingerprint density at radius 3 is 2.50 bits per heavy atom. The van der Waals surface area contributed by atoms with E-state index in [-0.39, 0.29) is 15.9 Å². The van der Waals surface area contributed by atoms with Crippen LogP contribution in [0.25, 0.3) is 10.2 Å². The molecule has 0 saturated carbocycles. The molecule has 0 spiro atoms. The van der Waals surface area contributed by atoms with E-state index in [2.05, 4.69) is 20.0 Å². The van der Waals surface area contributed by atoms with Gasteiger partial charge in [-0.2, -0.15) is 0 Å². The van der Waals surface area contributed by atoms with Gasteiger partial charge in [0.15, 0.2) is 5.13 Å². The fourth-order valence-electron chi connectivity index (χ4n) is 2.68.